The van der Waals surface area contributed by atoms with E-state index in [0.29, 0.717) is 23.9 Å². The number of sulfonamides is 1. The fraction of sp³-hybridized carbons (Fsp3) is 0.440. The van der Waals surface area contributed by atoms with E-state index in [-0.39, 0.29) is 0 Å². The van der Waals surface area contributed by atoms with Crippen molar-refractivity contribution in [2.45, 2.75) is 30.7 Å². The normalized spacial score (nSPS) is 22.0. The Balaban J connectivity index is 1.30. The predicted octanol–water partition coefficient (Wildman–Crippen LogP) is 3.50. The zero-order valence-corrected chi connectivity index (χ0v) is 19.8. The average Bonchev–Trinajstić information content (AvgIpc) is 2.81. The van der Waals surface area contributed by atoms with Crippen LogP contribution in [-0.2, 0) is 23.0 Å². The van der Waals surface area contributed by atoms with Gasteiger partial charge in [0.05, 0.1) is 16.3 Å². The smallest absolute Gasteiger partial charge is 0.243 e. The van der Waals surface area contributed by atoms with E-state index in [1.54, 1.807) is 10.4 Å². The van der Waals surface area contributed by atoms with E-state index >= 15 is 0 Å². The zero-order chi connectivity index (χ0) is 22.3. The summed E-state index contributed by atoms with van der Waals surface area (Å²) in [5, 5.41) is 0. The van der Waals surface area contributed by atoms with E-state index in [1.807, 2.05) is 48.4 Å². The van der Waals surface area contributed by atoms with Crippen LogP contribution in [-0.4, -0.2) is 57.9 Å². The van der Waals surface area contributed by atoms with Crippen molar-refractivity contribution in [2.75, 3.05) is 50.1 Å². The minimum atomic E-state index is -3.51. The molecule has 6 nitrogen and oxygen atoms in total. The molecule has 2 aromatic rings. The zero-order valence-electron chi connectivity index (χ0n) is 18.9. The first-order chi connectivity index (χ1) is 15.4. The molecular weight excluding hydrogens is 420 g/mol. The molecule has 3 aliphatic rings. The Kier molecular flexibility index (Phi) is 5.73. The van der Waals surface area contributed by atoms with Crippen LogP contribution in [0.1, 0.15) is 24.0 Å². The van der Waals surface area contributed by atoms with Crippen LogP contribution >= 0.6 is 0 Å². The van der Waals surface area contributed by atoms with Gasteiger partial charge in [-0.15, -0.1) is 0 Å². The van der Waals surface area contributed by atoms with Crippen molar-refractivity contribution in [3.05, 3.63) is 66.0 Å². The molecule has 7 heteroatoms. The third-order valence-corrected chi connectivity index (χ3v) is 8.93. The Bertz CT molecular complexity index is 1130. The van der Waals surface area contributed by atoms with Gasteiger partial charge in [0.25, 0.3) is 0 Å². The summed E-state index contributed by atoms with van der Waals surface area (Å²) in [6, 6.07) is 14.2. The van der Waals surface area contributed by atoms with Crippen molar-refractivity contribution in [3.8, 4) is 0 Å². The molecule has 5 rings (SSSR count). The SMILES string of the molecule is CN1C=CN(C)c2cc(S(=O)(=O)N3CCCC(CN4CCc5ccccc5C4)C3)ccc21. The number of rotatable bonds is 4. The quantitative estimate of drug-likeness (QED) is 0.711. The summed E-state index contributed by atoms with van der Waals surface area (Å²) < 4.78 is 28.8. The lowest BCUT2D eigenvalue weighted by Crippen LogP contribution is -2.44. The van der Waals surface area contributed by atoms with Gasteiger partial charge < -0.3 is 9.80 Å². The van der Waals surface area contributed by atoms with Crippen molar-refractivity contribution in [3.63, 3.8) is 0 Å². The summed E-state index contributed by atoms with van der Waals surface area (Å²) in [6.45, 7) is 4.19. The molecule has 1 unspecified atom stereocenters. The van der Waals surface area contributed by atoms with Crippen LogP contribution in [0, 0.1) is 5.92 Å². The van der Waals surface area contributed by atoms with E-state index in [9.17, 15) is 8.42 Å². The second-order valence-electron chi connectivity index (χ2n) is 9.30. The van der Waals surface area contributed by atoms with Gasteiger partial charge in [-0.3, -0.25) is 4.90 Å². The minimum Gasteiger partial charge on any atom is -0.348 e. The number of hydrogen-bond donors (Lipinski definition) is 0. The van der Waals surface area contributed by atoms with E-state index < -0.39 is 10.0 Å². The van der Waals surface area contributed by atoms with Gasteiger partial charge in [-0.05, 0) is 54.5 Å². The molecule has 170 valence electrons. The maximum absolute atomic E-state index is 13.5. The van der Waals surface area contributed by atoms with E-state index in [0.717, 1.165) is 50.3 Å². The Morgan fingerprint density at radius 2 is 1.69 bits per heavy atom. The van der Waals surface area contributed by atoms with Crippen molar-refractivity contribution in [1.29, 1.82) is 0 Å². The highest BCUT2D eigenvalue weighted by Crippen LogP contribution is 2.35. The summed E-state index contributed by atoms with van der Waals surface area (Å²) >= 11 is 0. The number of anilines is 2. The maximum Gasteiger partial charge on any atom is 0.243 e. The van der Waals surface area contributed by atoms with Crippen LogP contribution in [0.15, 0.2) is 59.8 Å². The molecule has 0 N–H and O–H groups in total. The van der Waals surface area contributed by atoms with Crippen molar-refractivity contribution in [2.24, 2.45) is 5.92 Å². The lowest BCUT2D eigenvalue weighted by molar-refractivity contribution is 0.167. The molecule has 0 radical (unpaired) electrons. The summed E-state index contributed by atoms with van der Waals surface area (Å²) in [7, 11) is 0.414. The molecule has 2 aromatic carbocycles. The third kappa shape index (κ3) is 4.05. The van der Waals surface area contributed by atoms with Gasteiger partial charge >= 0.3 is 0 Å². The Labute approximate surface area is 191 Å². The van der Waals surface area contributed by atoms with Crippen LogP contribution in [0.2, 0.25) is 0 Å². The van der Waals surface area contributed by atoms with Crippen LogP contribution in [0.3, 0.4) is 0 Å². The molecule has 0 aromatic heterocycles. The van der Waals surface area contributed by atoms with Crippen LogP contribution in [0.25, 0.3) is 0 Å². The lowest BCUT2D eigenvalue weighted by atomic mass is 9.95. The molecule has 32 heavy (non-hydrogen) atoms. The van der Waals surface area contributed by atoms with Gasteiger partial charge in [0.15, 0.2) is 0 Å². The Morgan fingerprint density at radius 1 is 0.938 bits per heavy atom. The highest BCUT2D eigenvalue weighted by Gasteiger charge is 2.32. The molecule has 1 fully saturated rings. The summed E-state index contributed by atoms with van der Waals surface area (Å²) in [5.74, 6) is 0.373. The number of fused-ring (bicyclic) bond motifs is 2. The lowest BCUT2D eigenvalue weighted by Gasteiger charge is -2.37. The van der Waals surface area contributed by atoms with Gasteiger partial charge in [-0.1, -0.05) is 24.3 Å². The fourth-order valence-corrected chi connectivity index (χ4v) is 6.80. The summed E-state index contributed by atoms with van der Waals surface area (Å²) in [4.78, 5) is 6.87. The summed E-state index contributed by atoms with van der Waals surface area (Å²) in [5.41, 5.74) is 4.79. The molecule has 1 saturated heterocycles. The molecule has 0 amide bonds. The van der Waals surface area contributed by atoms with E-state index in [1.165, 1.54) is 11.1 Å². The van der Waals surface area contributed by atoms with Gasteiger partial charge in [-0.25, -0.2) is 8.42 Å². The van der Waals surface area contributed by atoms with Gasteiger partial charge in [0, 0.05) is 59.2 Å². The van der Waals surface area contributed by atoms with E-state index in [2.05, 4.69) is 29.2 Å². The standard InChI is InChI=1S/C25H32N4O2S/c1-26-14-15-27(2)25-16-23(9-10-24(25)26)32(30,31)29-12-5-6-20(18-29)17-28-13-11-21-7-3-4-8-22(21)19-28/h3-4,7-10,14-16,20H,5-6,11-13,17-19H2,1-2H3. The van der Waals surface area contributed by atoms with Crippen LogP contribution in [0.5, 0.6) is 0 Å². The van der Waals surface area contributed by atoms with Crippen LogP contribution < -0.4 is 9.80 Å². The predicted molar refractivity (Wildman–Crippen MR) is 129 cm³/mol. The first kappa shape index (κ1) is 21.5. The average molecular weight is 453 g/mol. The second-order valence-corrected chi connectivity index (χ2v) is 11.2. The number of benzene rings is 2. The maximum atomic E-state index is 13.5. The van der Waals surface area contributed by atoms with Crippen molar-refractivity contribution < 1.29 is 8.42 Å². The molecule has 3 aliphatic heterocycles. The van der Waals surface area contributed by atoms with Gasteiger partial charge in [0.1, 0.15) is 0 Å². The molecule has 3 heterocycles. The van der Waals surface area contributed by atoms with Gasteiger partial charge in [0.2, 0.25) is 10.0 Å². The monoisotopic (exact) mass is 452 g/mol. The Hall–Kier alpha value is -2.35. The molecule has 0 spiro atoms. The first-order valence-corrected chi connectivity index (χ1v) is 12.9. The second kappa shape index (κ2) is 8.54. The highest BCUT2D eigenvalue weighted by atomic mass is 32.2. The largest absolute Gasteiger partial charge is 0.348 e. The van der Waals surface area contributed by atoms with Gasteiger partial charge in [-0.2, -0.15) is 4.31 Å². The molecule has 0 aliphatic carbocycles. The minimum absolute atomic E-state index is 0.373. The van der Waals surface area contributed by atoms with Crippen molar-refractivity contribution in [1.82, 2.24) is 9.21 Å². The number of hydrogen-bond acceptors (Lipinski definition) is 5. The topological polar surface area (TPSA) is 47.1 Å². The summed E-state index contributed by atoms with van der Waals surface area (Å²) in [6.07, 6.45) is 7.02. The highest BCUT2D eigenvalue weighted by molar-refractivity contribution is 7.89. The number of nitrogens with zero attached hydrogens (tertiary/aromatic N) is 4. The third-order valence-electron chi connectivity index (χ3n) is 7.07. The first-order valence-electron chi connectivity index (χ1n) is 11.5. The Morgan fingerprint density at radius 3 is 2.50 bits per heavy atom. The van der Waals surface area contributed by atoms with Crippen molar-refractivity contribution >= 4 is 21.4 Å². The molecule has 0 saturated carbocycles. The molecule has 1 atom stereocenters. The van der Waals surface area contributed by atoms with Crippen LogP contribution in [0.4, 0.5) is 11.4 Å². The molecular formula is C25H32N4O2S. The fourth-order valence-electron chi connectivity index (χ4n) is 5.22. The molecule has 0 bridgehead atoms. The number of piperidine rings is 1. The van der Waals surface area contributed by atoms with E-state index in [4.69, 9.17) is 0 Å².